The second-order valence-corrected chi connectivity index (χ2v) is 3.78. The maximum absolute atomic E-state index is 11.3. The van der Waals surface area contributed by atoms with Crippen molar-refractivity contribution in [2.24, 2.45) is 5.73 Å². The number of amides is 1. The minimum Gasteiger partial charge on any atom is -0.480 e. The number of hydrogen-bond acceptors (Lipinski definition) is 3. The zero-order valence-corrected chi connectivity index (χ0v) is 9.32. The number of carbonyl (C=O) groups excluding carboxylic acids is 1. The summed E-state index contributed by atoms with van der Waals surface area (Å²) in [5.74, 6) is -1.28. The molecular formula is C10H20N2O3. The third-order valence-corrected chi connectivity index (χ3v) is 1.99. The highest BCUT2D eigenvalue weighted by Crippen LogP contribution is 2.01. The maximum atomic E-state index is 11.3. The quantitative estimate of drug-likeness (QED) is 0.577. The molecule has 0 aliphatic heterocycles. The average molecular weight is 216 g/mol. The molecule has 0 aliphatic carbocycles. The zero-order valence-electron chi connectivity index (χ0n) is 9.32. The van der Waals surface area contributed by atoms with Crippen LogP contribution < -0.4 is 11.1 Å². The van der Waals surface area contributed by atoms with Crippen molar-refractivity contribution in [2.45, 2.75) is 51.6 Å². The fourth-order valence-electron chi connectivity index (χ4n) is 1.21. The van der Waals surface area contributed by atoms with Crippen LogP contribution in [0.15, 0.2) is 0 Å². The Morgan fingerprint density at radius 1 is 1.47 bits per heavy atom. The number of aliphatic carboxylic acids is 1. The van der Waals surface area contributed by atoms with Crippen molar-refractivity contribution in [2.75, 3.05) is 0 Å². The number of nitrogens with one attached hydrogen (secondary N) is 1. The molecule has 0 aromatic carbocycles. The smallest absolute Gasteiger partial charge is 0.326 e. The van der Waals surface area contributed by atoms with E-state index in [4.69, 9.17) is 10.8 Å². The van der Waals surface area contributed by atoms with Crippen molar-refractivity contribution in [3.63, 3.8) is 0 Å². The van der Waals surface area contributed by atoms with E-state index in [-0.39, 0.29) is 18.4 Å². The van der Waals surface area contributed by atoms with Gasteiger partial charge in [-0.15, -0.1) is 0 Å². The van der Waals surface area contributed by atoms with Crippen LogP contribution in [0.25, 0.3) is 0 Å². The summed E-state index contributed by atoms with van der Waals surface area (Å²) in [5.41, 5.74) is 5.44. The summed E-state index contributed by atoms with van der Waals surface area (Å²) in [6, 6.07) is -1.03. The first kappa shape index (κ1) is 13.9. The predicted molar refractivity (Wildman–Crippen MR) is 57.4 cm³/mol. The third kappa shape index (κ3) is 6.90. The fraction of sp³-hybridized carbons (Fsp3) is 0.800. The maximum Gasteiger partial charge on any atom is 0.326 e. The van der Waals surface area contributed by atoms with Gasteiger partial charge in [0.1, 0.15) is 6.04 Å². The van der Waals surface area contributed by atoms with Crippen LogP contribution in [0.3, 0.4) is 0 Å². The van der Waals surface area contributed by atoms with E-state index in [9.17, 15) is 9.59 Å². The first-order valence-electron chi connectivity index (χ1n) is 5.25. The van der Waals surface area contributed by atoms with Crippen LogP contribution in [0, 0.1) is 0 Å². The van der Waals surface area contributed by atoms with Gasteiger partial charge in [0.25, 0.3) is 0 Å². The van der Waals surface area contributed by atoms with E-state index in [1.54, 1.807) is 6.92 Å². The van der Waals surface area contributed by atoms with Crippen molar-refractivity contribution >= 4 is 11.9 Å². The first-order chi connectivity index (χ1) is 6.97. The van der Waals surface area contributed by atoms with Gasteiger partial charge < -0.3 is 16.2 Å². The Morgan fingerprint density at radius 3 is 2.47 bits per heavy atom. The van der Waals surface area contributed by atoms with E-state index < -0.39 is 12.0 Å². The Bertz CT molecular complexity index is 217. The SMILES string of the molecule is CCCC[C@H](NC(=O)CC(C)N)C(=O)O. The van der Waals surface area contributed by atoms with E-state index in [2.05, 4.69) is 5.32 Å². The zero-order chi connectivity index (χ0) is 11.8. The van der Waals surface area contributed by atoms with Crippen LogP contribution in [-0.4, -0.2) is 29.1 Å². The minimum absolute atomic E-state index is 0.163. The number of carboxylic acids is 1. The van der Waals surface area contributed by atoms with E-state index in [1.807, 2.05) is 6.92 Å². The van der Waals surface area contributed by atoms with Gasteiger partial charge in [-0.3, -0.25) is 4.79 Å². The van der Waals surface area contributed by atoms with E-state index in [0.717, 1.165) is 12.8 Å². The van der Waals surface area contributed by atoms with Crippen LogP contribution in [0.2, 0.25) is 0 Å². The molecule has 0 aromatic rings. The van der Waals surface area contributed by atoms with E-state index in [1.165, 1.54) is 0 Å². The number of carbonyl (C=O) groups is 2. The summed E-state index contributed by atoms with van der Waals surface area (Å²) in [6.07, 6.45) is 2.33. The van der Waals surface area contributed by atoms with Gasteiger partial charge in [0, 0.05) is 12.5 Å². The molecule has 5 nitrogen and oxygen atoms in total. The lowest BCUT2D eigenvalue weighted by Gasteiger charge is -2.14. The standard InChI is InChI=1S/C10H20N2O3/c1-3-4-5-8(10(14)15)12-9(13)6-7(2)11/h7-8H,3-6,11H2,1-2H3,(H,12,13)(H,14,15)/t7?,8-/m0/s1. The highest BCUT2D eigenvalue weighted by atomic mass is 16.4. The minimum atomic E-state index is -0.985. The summed E-state index contributed by atoms with van der Waals surface area (Å²) in [4.78, 5) is 22.1. The van der Waals surface area contributed by atoms with Gasteiger partial charge in [-0.1, -0.05) is 19.8 Å². The first-order valence-corrected chi connectivity index (χ1v) is 5.25. The third-order valence-electron chi connectivity index (χ3n) is 1.99. The Hall–Kier alpha value is -1.10. The summed E-state index contributed by atoms with van der Waals surface area (Å²) in [6.45, 7) is 3.68. The number of unbranched alkanes of at least 4 members (excludes halogenated alkanes) is 1. The monoisotopic (exact) mass is 216 g/mol. The van der Waals surface area contributed by atoms with Crippen molar-refractivity contribution in [3.8, 4) is 0 Å². The normalized spacial score (nSPS) is 14.3. The van der Waals surface area contributed by atoms with Crippen LogP contribution in [0.5, 0.6) is 0 Å². The topological polar surface area (TPSA) is 92.4 Å². The number of hydrogen-bond donors (Lipinski definition) is 3. The van der Waals surface area contributed by atoms with Crippen molar-refractivity contribution in [1.29, 1.82) is 0 Å². The number of nitrogens with two attached hydrogens (primary N) is 1. The van der Waals surface area contributed by atoms with Crippen LogP contribution in [0.1, 0.15) is 39.5 Å². The molecular weight excluding hydrogens is 196 g/mol. The molecule has 0 spiro atoms. The van der Waals surface area contributed by atoms with Gasteiger partial charge in [-0.2, -0.15) is 0 Å². The summed E-state index contributed by atoms with van der Waals surface area (Å²) in [5, 5.41) is 11.3. The number of carboxylic acid groups (broad SMARTS) is 1. The van der Waals surface area contributed by atoms with Crippen LogP contribution in [0.4, 0.5) is 0 Å². The summed E-state index contributed by atoms with van der Waals surface area (Å²) < 4.78 is 0. The molecule has 5 heteroatoms. The van der Waals surface area contributed by atoms with Crippen molar-refractivity contribution < 1.29 is 14.7 Å². The molecule has 0 radical (unpaired) electrons. The Kier molecular flexibility index (Phi) is 6.70. The van der Waals surface area contributed by atoms with Crippen LogP contribution >= 0.6 is 0 Å². The molecule has 1 unspecified atom stereocenters. The predicted octanol–water partition coefficient (Wildman–Crippen LogP) is 0.483. The van der Waals surface area contributed by atoms with E-state index >= 15 is 0 Å². The lowest BCUT2D eigenvalue weighted by Crippen LogP contribution is -2.42. The van der Waals surface area contributed by atoms with Crippen molar-refractivity contribution in [1.82, 2.24) is 5.32 Å². The lowest BCUT2D eigenvalue weighted by molar-refractivity contribution is -0.142. The van der Waals surface area contributed by atoms with Gasteiger partial charge in [0.2, 0.25) is 5.91 Å². The van der Waals surface area contributed by atoms with Crippen LogP contribution in [-0.2, 0) is 9.59 Å². The van der Waals surface area contributed by atoms with Gasteiger partial charge in [-0.25, -0.2) is 4.79 Å². The summed E-state index contributed by atoms with van der Waals surface area (Å²) in [7, 11) is 0. The van der Waals surface area contributed by atoms with Gasteiger partial charge in [0.15, 0.2) is 0 Å². The molecule has 0 fully saturated rings. The molecule has 0 bridgehead atoms. The van der Waals surface area contributed by atoms with Gasteiger partial charge in [-0.05, 0) is 13.3 Å². The largest absolute Gasteiger partial charge is 0.480 e. The lowest BCUT2D eigenvalue weighted by atomic mass is 10.1. The average Bonchev–Trinajstić information content (AvgIpc) is 2.10. The molecule has 15 heavy (non-hydrogen) atoms. The molecule has 0 saturated heterocycles. The molecule has 0 aliphatic rings. The van der Waals surface area contributed by atoms with Gasteiger partial charge >= 0.3 is 5.97 Å². The Labute approximate surface area is 90.0 Å². The second-order valence-electron chi connectivity index (χ2n) is 3.78. The molecule has 0 heterocycles. The molecule has 2 atom stereocenters. The van der Waals surface area contributed by atoms with Crippen molar-refractivity contribution in [3.05, 3.63) is 0 Å². The molecule has 0 aromatic heterocycles. The molecule has 1 amide bonds. The Morgan fingerprint density at radius 2 is 2.07 bits per heavy atom. The summed E-state index contributed by atoms with van der Waals surface area (Å²) >= 11 is 0. The highest BCUT2D eigenvalue weighted by molar-refractivity contribution is 5.83. The molecule has 88 valence electrons. The molecule has 0 saturated carbocycles. The van der Waals surface area contributed by atoms with E-state index in [0.29, 0.717) is 6.42 Å². The Balaban J connectivity index is 4.04. The highest BCUT2D eigenvalue weighted by Gasteiger charge is 2.19. The van der Waals surface area contributed by atoms with Gasteiger partial charge in [0.05, 0.1) is 0 Å². The fourth-order valence-corrected chi connectivity index (χ4v) is 1.21. The molecule has 0 rings (SSSR count). The molecule has 4 N–H and O–H groups in total. The second kappa shape index (κ2) is 7.23. The number of rotatable bonds is 7.